The number of imidazole rings is 1. The van der Waals surface area contributed by atoms with Crippen molar-refractivity contribution >= 4 is 40.2 Å². The van der Waals surface area contributed by atoms with Crippen molar-refractivity contribution in [1.82, 2.24) is 25.3 Å². The molecule has 0 spiro atoms. The number of benzene rings is 2. The molecule has 9 heteroatoms. The second-order valence-electron chi connectivity index (χ2n) is 10.9. The zero-order valence-electron chi connectivity index (χ0n) is 22.3. The van der Waals surface area contributed by atoms with Crippen molar-refractivity contribution in [2.24, 2.45) is 13.0 Å². The Labute approximate surface area is 228 Å². The maximum absolute atomic E-state index is 12.5. The van der Waals surface area contributed by atoms with Gasteiger partial charge in [0.05, 0.1) is 17.6 Å². The number of hydrogen-bond donors (Lipinski definition) is 3. The molecule has 2 aromatic carbocycles. The Bertz CT molecular complexity index is 1400. The normalized spacial score (nSPS) is 16.4. The minimum absolute atomic E-state index is 0.0641. The van der Waals surface area contributed by atoms with E-state index in [4.69, 9.17) is 21.3 Å². The van der Waals surface area contributed by atoms with Crippen LogP contribution >= 0.6 is 11.6 Å². The van der Waals surface area contributed by atoms with E-state index in [1.54, 1.807) is 5.01 Å². The molecule has 2 aliphatic rings. The molecule has 1 fully saturated rings. The number of piperidine rings is 1. The molecule has 2 aliphatic heterocycles. The number of amides is 1. The molecule has 0 saturated carbocycles. The van der Waals surface area contributed by atoms with E-state index in [2.05, 4.69) is 42.9 Å². The summed E-state index contributed by atoms with van der Waals surface area (Å²) in [5.74, 6) is 2.30. The van der Waals surface area contributed by atoms with Crippen LogP contribution in [0.3, 0.4) is 0 Å². The first-order chi connectivity index (χ1) is 18.2. The van der Waals surface area contributed by atoms with Crippen LogP contribution in [0, 0.1) is 5.92 Å². The molecule has 0 atom stereocenters. The molecular weight excluding hydrogens is 500 g/mol. The van der Waals surface area contributed by atoms with Gasteiger partial charge in [0, 0.05) is 35.9 Å². The molecule has 0 bridgehead atoms. The van der Waals surface area contributed by atoms with Gasteiger partial charge in [0.2, 0.25) is 11.9 Å². The van der Waals surface area contributed by atoms with Crippen LogP contribution < -0.4 is 20.8 Å². The first kappa shape index (κ1) is 26.1. The number of aryl methyl sites for hydroxylation is 1. The summed E-state index contributed by atoms with van der Waals surface area (Å²) < 4.78 is 8.13. The van der Waals surface area contributed by atoms with Gasteiger partial charge in [-0.1, -0.05) is 32.4 Å². The predicted molar refractivity (Wildman–Crippen MR) is 152 cm³/mol. The Hall–Kier alpha value is -3.49. The number of halogens is 1. The zero-order valence-corrected chi connectivity index (χ0v) is 23.1. The molecule has 38 heavy (non-hydrogen) atoms. The van der Waals surface area contributed by atoms with E-state index in [1.165, 1.54) is 0 Å². The van der Waals surface area contributed by atoms with Crippen LogP contribution in [-0.4, -0.2) is 40.1 Å². The van der Waals surface area contributed by atoms with Crippen LogP contribution in [0.25, 0.3) is 11.0 Å². The monoisotopic (exact) mass is 534 g/mol. The Morgan fingerprint density at radius 1 is 1.16 bits per heavy atom. The number of carbonyl (C=O) groups is 1. The third kappa shape index (κ3) is 5.81. The van der Waals surface area contributed by atoms with Gasteiger partial charge >= 0.3 is 0 Å². The van der Waals surface area contributed by atoms with Crippen LogP contribution in [0.15, 0.2) is 60.5 Å². The molecule has 3 aromatic rings. The molecule has 3 N–H and O–H groups in total. The zero-order chi connectivity index (χ0) is 26.9. The van der Waals surface area contributed by atoms with Crippen LogP contribution in [0.1, 0.15) is 39.2 Å². The number of ether oxygens (including phenoxy) is 1. The van der Waals surface area contributed by atoms with E-state index in [0.29, 0.717) is 12.3 Å². The van der Waals surface area contributed by atoms with E-state index in [-0.39, 0.29) is 17.2 Å². The van der Waals surface area contributed by atoms with Crippen molar-refractivity contribution in [3.05, 3.63) is 71.1 Å². The van der Waals surface area contributed by atoms with Gasteiger partial charge in [-0.25, -0.2) is 4.98 Å². The lowest BCUT2D eigenvalue weighted by Crippen LogP contribution is -2.45. The fourth-order valence-electron chi connectivity index (χ4n) is 4.75. The number of nitrogens with zero attached hydrogens (tertiary/aromatic N) is 3. The number of rotatable bonds is 6. The Morgan fingerprint density at radius 2 is 1.95 bits per heavy atom. The Kier molecular flexibility index (Phi) is 7.36. The van der Waals surface area contributed by atoms with Gasteiger partial charge in [-0.15, -0.1) is 0 Å². The fraction of sp³-hybridized carbons (Fsp3) is 0.379. The molecule has 5 rings (SSSR count). The van der Waals surface area contributed by atoms with Gasteiger partial charge < -0.3 is 19.9 Å². The van der Waals surface area contributed by atoms with Gasteiger partial charge in [0.25, 0.3) is 0 Å². The van der Waals surface area contributed by atoms with Crippen molar-refractivity contribution < 1.29 is 9.53 Å². The minimum Gasteiger partial charge on any atom is -0.458 e. The maximum atomic E-state index is 12.5. The molecule has 1 aromatic heterocycles. The molecule has 0 radical (unpaired) electrons. The number of carbonyl (C=O) groups excluding carboxylic acids is 1. The van der Waals surface area contributed by atoms with Crippen molar-refractivity contribution in [2.75, 3.05) is 25.0 Å². The summed E-state index contributed by atoms with van der Waals surface area (Å²) in [5, 5.41) is 9.27. The highest BCUT2D eigenvalue weighted by molar-refractivity contribution is 6.31. The molecule has 3 heterocycles. The molecule has 0 aliphatic carbocycles. The summed E-state index contributed by atoms with van der Waals surface area (Å²) in [7, 11) is 1.98. The fourth-order valence-corrected chi connectivity index (χ4v) is 5.16. The SMILES string of the molecule is Cn1c(Nc2ccc(Cl)c(C(C)(C)C)c2)nc2cc(OC3=CCN(NC(=O)C4CCNCC4)C=C3)ccc21. The third-order valence-electron chi connectivity index (χ3n) is 6.99. The summed E-state index contributed by atoms with van der Waals surface area (Å²) in [4.78, 5) is 17.3. The average Bonchev–Trinajstić information content (AvgIpc) is 3.20. The number of aromatic nitrogens is 2. The number of allylic oxidation sites excluding steroid dienone is 1. The molecular formula is C29H35ClN6O2. The van der Waals surface area contributed by atoms with Crippen LogP contribution in [0.5, 0.6) is 5.75 Å². The molecule has 1 saturated heterocycles. The van der Waals surface area contributed by atoms with Crippen molar-refractivity contribution in [1.29, 1.82) is 0 Å². The smallest absolute Gasteiger partial charge is 0.241 e. The molecule has 200 valence electrons. The van der Waals surface area contributed by atoms with Gasteiger partial charge in [-0.05, 0) is 79.4 Å². The van der Waals surface area contributed by atoms with Gasteiger partial charge in [0.15, 0.2) is 0 Å². The van der Waals surface area contributed by atoms with E-state index in [9.17, 15) is 4.79 Å². The highest BCUT2D eigenvalue weighted by Gasteiger charge is 2.22. The summed E-state index contributed by atoms with van der Waals surface area (Å²) in [6.45, 7) is 8.77. The highest BCUT2D eigenvalue weighted by Crippen LogP contribution is 2.33. The quantitative estimate of drug-likeness (QED) is 0.393. The lowest BCUT2D eigenvalue weighted by Gasteiger charge is -2.27. The predicted octanol–water partition coefficient (Wildman–Crippen LogP) is 5.39. The topological polar surface area (TPSA) is 83.5 Å². The highest BCUT2D eigenvalue weighted by atomic mass is 35.5. The minimum atomic E-state index is -0.0641. The Morgan fingerprint density at radius 3 is 2.66 bits per heavy atom. The summed E-state index contributed by atoms with van der Waals surface area (Å²) in [6, 6.07) is 11.8. The third-order valence-corrected chi connectivity index (χ3v) is 7.32. The van der Waals surface area contributed by atoms with E-state index >= 15 is 0 Å². The van der Waals surface area contributed by atoms with E-state index < -0.39 is 0 Å². The summed E-state index contributed by atoms with van der Waals surface area (Å²) in [6.07, 6.45) is 7.39. The number of hydrogen-bond acceptors (Lipinski definition) is 6. The Balaban J connectivity index is 1.24. The largest absolute Gasteiger partial charge is 0.458 e. The number of nitrogens with one attached hydrogen (secondary N) is 3. The van der Waals surface area contributed by atoms with Crippen LogP contribution in [-0.2, 0) is 17.3 Å². The average molecular weight is 535 g/mol. The van der Waals surface area contributed by atoms with Gasteiger partial charge in [-0.2, -0.15) is 0 Å². The number of fused-ring (bicyclic) bond motifs is 1. The second kappa shape index (κ2) is 10.7. The van der Waals surface area contributed by atoms with Crippen molar-refractivity contribution in [3.8, 4) is 5.75 Å². The molecule has 0 unspecified atom stereocenters. The van der Waals surface area contributed by atoms with E-state index in [1.807, 2.05) is 60.3 Å². The van der Waals surface area contributed by atoms with Gasteiger partial charge in [-0.3, -0.25) is 15.2 Å². The first-order valence-corrected chi connectivity index (χ1v) is 13.4. The van der Waals surface area contributed by atoms with E-state index in [0.717, 1.165) is 64.9 Å². The number of hydrazine groups is 1. The summed E-state index contributed by atoms with van der Waals surface area (Å²) >= 11 is 6.44. The van der Waals surface area contributed by atoms with Gasteiger partial charge in [0.1, 0.15) is 11.5 Å². The standard InChI is InChI=1S/C29H35ClN6O2/c1-29(2,3)23-17-20(5-7-24(23)30)32-28-33-25-18-22(6-8-26(25)35(28)4)38-21-11-15-36(16-12-21)34-27(37)19-9-13-31-14-10-19/h5-8,11-12,15,17-19,31H,9-10,13-14,16H2,1-4H3,(H,32,33)(H,34,37). The molecule has 1 amide bonds. The van der Waals surface area contributed by atoms with Crippen molar-refractivity contribution in [2.45, 2.75) is 39.0 Å². The van der Waals surface area contributed by atoms with Crippen molar-refractivity contribution in [3.63, 3.8) is 0 Å². The first-order valence-electron chi connectivity index (χ1n) is 13.0. The lowest BCUT2D eigenvalue weighted by molar-refractivity contribution is -0.129. The van der Waals surface area contributed by atoms with Crippen LogP contribution in [0.2, 0.25) is 5.02 Å². The number of anilines is 2. The second-order valence-corrected chi connectivity index (χ2v) is 11.3. The maximum Gasteiger partial charge on any atom is 0.241 e. The summed E-state index contributed by atoms with van der Waals surface area (Å²) in [5.41, 5.74) is 6.76. The van der Waals surface area contributed by atoms with Crippen LogP contribution in [0.4, 0.5) is 11.6 Å². The lowest BCUT2D eigenvalue weighted by atomic mass is 9.87. The molecule has 8 nitrogen and oxygen atoms in total.